The Bertz CT molecular complexity index is 952. The highest BCUT2D eigenvalue weighted by molar-refractivity contribution is 7.17. The third-order valence-electron chi connectivity index (χ3n) is 4.39. The van der Waals surface area contributed by atoms with Gasteiger partial charge in [0.15, 0.2) is 5.82 Å². The van der Waals surface area contributed by atoms with Crippen LogP contribution in [0.2, 0.25) is 0 Å². The molecule has 2 N–H and O–H groups in total. The Hall–Kier alpha value is -3.11. The average molecular weight is 429 g/mol. The lowest BCUT2D eigenvalue weighted by Gasteiger charge is -2.16. The number of aliphatic hydroxyl groups excluding tert-OH is 1. The van der Waals surface area contributed by atoms with Gasteiger partial charge < -0.3 is 20.1 Å². The summed E-state index contributed by atoms with van der Waals surface area (Å²) in [6, 6.07) is 11.7. The summed E-state index contributed by atoms with van der Waals surface area (Å²) in [5.74, 6) is 0.720. The number of nitrogens with one attached hydrogen (secondary N) is 1. The molecule has 1 aromatic carbocycles. The molecule has 1 aliphatic heterocycles. The third kappa shape index (κ3) is 5.94. The molecule has 0 bridgehead atoms. The van der Waals surface area contributed by atoms with Crippen LogP contribution in [-0.2, 0) is 11.2 Å². The molecule has 30 heavy (non-hydrogen) atoms. The topological polar surface area (TPSA) is 113 Å². The predicted octanol–water partition coefficient (Wildman–Crippen LogP) is 2.08. The van der Waals surface area contributed by atoms with E-state index < -0.39 is 0 Å². The lowest BCUT2D eigenvalue weighted by atomic mass is 10.1. The van der Waals surface area contributed by atoms with Crippen LogP contribution >= 0.6 is 11.3 Å². The Labute approximate surface area is 178 Å². The van der Waals surface area contributed by atoms with Crippen LogP contribution in [0.15, 0.2) is 42.6 Å². The first kappa shape index (κ1) is 21.6. The number of carbonyl (C=O) groups excluding carboxylic acids is 1. The van der Waals surface area contributed by atoms with Gasteiger partial charge in [0.2, 0.25) is 11.0 Å². The average Bonchev–Trinajstić information content (AvgIpc) is 3.40. The number of benzene rings is 1. The molecule has 1 fully saturated rings. The molecule has 10 heteroatoms. The summed E-state index contributed by atoms with van der Waals surface area (Å²) >= 11 is 1.24. The zero-order chi connectivity index (χ0) is 21.3. The van der Waals surface area contributed by atoms with Crippen LogP contribution < -0.4 is 15.0 Å². The highest BCUT2D eigenvalue weighted by Gasteiger charge is 2.26. The van der Waals surface area contributed by atoms with E-state index in [-0.39, 0.29) is 12.0 Å². The highest BCUT2D eigenvalue weighted by atomic mass is 32.1. The molecule has 158 valence electrons. The van der Waals surface area contributed by atoms with E-state index in [1.165, 1.54) is 11.3 Å². The van der Waals surface area contributed by atoms with Crippen molar-refractivity contribution in [1.82, 2.24) is 20.4 Å². The lowest BCUT2D eigenvalue weighted by molar-refractivity contribution is -0.115. The molecule has 4 rings (SSSR count). The summed E-state index contributed by atoms with van der Waals surface area (Å²) in [7, 11) is 1.00. The Balaban J connectivity index is 0.00000124. The maximum Gasteiger partial charge on any atom is 0.296 e. The van der Waals surface area contributed by atoms with E-state index in [1.54, 1.807) is 6.20 Å². The summed E-state index contributed by atoms with van der Waals surface area (Å²) < 4.78 is 5.93. The van der Waals surface area contributed by atoms with E-state index in [0.717, 1.165) is 37.0 Å². The van der Waals surface area contributed by atoms with Crippen LogP contribution in [0.1, 0.15) is 17.5 Å². The third-order valence-corrected chi connectivity index (χ3v) is 5.12. The number of amides is 1. The van der Waals surface area contributed by atoms with E-state index >= 15 is 0 Å². The van der Waals surface area contributed by atoms with Gasteiger partial charge in [-0.25, -0.2) is 0 Å². The standard InChI is InChI=1S/C19H20N6O2S.CH4O/c1-13-4-2-5-14(10-13)11-17(26)21-18-23-24-19(28-18)27-15-7-9-25(12-15)16-6-3-8-20-22-16;1-2/h2-6,8,10,15H,7,9,11-12H2,1H3,(H,21,23,26);2H,1H3. The fraction of sp³-hybridized carbons (Fsp3) is 0.350. The maximum absolute atomic E-state index is 12.2. The molecule has 0 radical (unpaired) electrons. The Morgan fingerprint density at radius 2 is 2.13 bits per heavy atom. The number of aliphatic hydroxyl groups is 1. The second-order valence-corrected chi connectivity index (χ2v) is 7.58. The van der Waals surface area contributed by atoms with Gasteiger partial charge >= 0.3 is 0 Å². The SMILES string of the molecule is CO.Cc1cccc(CC(=O)Nc2nnc(OC3CCN(c4cccnn4)C3)s2)c1. The summed E-state index contributed by atoms with van der Waals surface area (Å²) in [5, 5.41) is 26.8. The number of aromatic nitrogens is 4. The summed E-state index contributed by atoms with van der Waals surface area (Å²) in [6.07, 6.45) is 2.83. The van der Waals surface area contributed by atoms with Gasteiger partial charge in [-0.1, -0.05) is 34.9 Å². The van der Waals surface area contributed by atoms with Gasteiger partial charge in [-0.15, -0.1) is 10.2 Å². The first-order chi connectivity index (χ1) is 14.7. The van der Waals surface area contributed by atoms with Crippen LogP contribution in [0.3, 0.4) is 0 Å². The normalized spacial score (nSPS) is 15.3. The summed E-state index contributed by atoms with van der Waals surface area (Å²) in [5.41, 5.74) is 2.09. The number of anilines is 2. The van der Waals surface area contributed by atoms with Crippen molar-refractivity contribution in [3.05, 3.63) is 53.7 Å². The van der Waals surface area contributed by atoms with Crippen LogP contribution in [0.5, 0.6) is 5.19 Å². The molecule has 1 saturated heterocycles. The van der Waals surface area contributed by atoms with Crippen LogP contribution in [-0.4, -0.2) is 57.7 Å². The Kier molecular flexibility index (Phi) is 7.63. The van der Waals surface area contributed by atoms with Gasteiger partial charge in [-0.2, -0.15) is 5.10 Å². The number of hydrogen-bond donors (Lipinski definition) is 2. The van der Waals surface area contributed by atoms with Gasteiger partial charge in [-0.3, -0.25) is 4.79 Å². The van der Waals surface area contributed by atoms with Gasteiger partial charge in [0.1, 0.15) is 6.10 Å². The first-order valence-electron chi connectivity index (χ1n) is 9.48. The van der Waals surface area contributed by atoms with E-state index in [1.807, 2.05) is 43.3 Å². The van der Waals surface area contributed by atoms with Crippen molar-refractivity contribution in [3.8, 4) is 5.19 Å². The molecule has 3 heterocycles. The van der Waals surface area contributed by atoms with Crippen LogP contribution in [0, 0.1) is 6.92 Å². The van der Waals surface area contributed by atoms with E-state index in [0.29, 0.717) is 23.3 Å². The largest absolute Gasteiger partial charge is 0.464 e. The van der Waals surface area contributed by atoms with E-state index in [4.69, 9.17) is 9.84 Å². The number of hydrogen-bond acceptors (Lipinski definition) is 9. The number of rotatable bonds is 6. The number of carbonyl (C=O) groups is 1. The molecule has 0 saturated carbocycles. The molecule has 1 amide bonds. The van der Waals surface area contributed by atoms with Crippen molar-refractivity contribution in [2.45, 2.75) is 25.9 Å². The molecule has 3 aromatic rings. The molecular formula is C20H24N6O3S. The fourth-order valence-corrected chi connectivity index (χ4v) is 3.79. The molecule has 2 aromatic heterocycles. The number of aryl methyl sites for hydroxylation is 1. The van der Waals surface area contributed by atoms with E-state index in [9.17, 15) is 4.79 Å². The van der Waals surface area contributed by atoms with Gasteiger partial charge in [-0.05, 0) is 36.0 Å². The molecule has 1 aliphatic rings. The van der Waals surface area contributed by atoms with Crippen molar-refractivity contribution < 1.29 is 14.6 Å². The number of nitrogens with zero attached hydrogens (tertiary/aromatic N) is 5. The second-order valence-electron chi connectivity index (χ2n) is 6.64. The van der Waals surface area contributed by atoms with Crippen molar-refractivity contribution in [3.63, 3.8) is 0 Å². The second kappa shape index (κ2) is 10.6. The quantitative estimate of drug-likeness (QED) is 0.614. The maximum atomic E-state index is 12.2. The molecule has 9 nitrogen and oxygen atoms in total. The number of ether oxygens (including phenoxy) is 1. The van der Waals surface area contributed by atoms with Crippen molar-refractivity contribution in [1.29, 1.82) is 0 Å². The predicted molar refractivity (Wildman–Crippen MR) is 115 cm³/mol. The Morgan fingerprint density at radius 3 is 2.90 bits per heavy atom. The zero-order valence-corrected chi connectivity index (χ0v) is 17.7. The molecule has 0 spiro atoms. The molecule has 1 atom stereocenters. The minimum absolute atomic E-state index is 0.00537. The molecular weight excluding hydrogens is 404 g/mol. The summed E-state index contributed by atoms with van der Waals surface area (Å²) in [6.45, 7) is 3.57. The van der Waals surface area contributed by atoms with Gasteiger partial charge in [0, 0.05) is 26.3 Å². The minimum atomic E-state index is -0.122. The molecule has 0 aliphatic carbocycles. The Morgan fingerprint density at radius 1 is 1.27 bits per heavy atom. The van der Waals surface area contributed by atoms with Gasteiger partial charge in [0.05, 0.1) is 13.0 Å². The van der Waals surface area contributed by atoms with Crippen LogP contribution in [0.4, 0.5) is 10.9 Å². The van der Waals surface area contributed by atoms with Crippen molar-refractivity contribution in [2.75, 3.05) is 30.4 Å². The smallest absolute Gasteiger partial charge is 0.296 e. The highest BCUT2D eigenvalue weighted by Crippen LogP contribution is 2.26. The van der Waals surface area contributed by atoms with Crippen LogP contribution in [0.25, 0.3) is 0 Å². The monoisotopic (exact) mass is 428 g/mol. The van der Waals surface area contributed by atoms with E-state index in [2.05, 4.69) is 30.6 Å². The lowest BCUT2D eigenvalue weighted by Crippen LogP contribution is -2.25. The summed E-state index contributed by atoms with van der Waals surface area (Å²) in [4.78, 5) is 14.3. The zero-order valence-electron chi connectivity index (χ0n) is 16.9. The molecule has 1 unspecified atom stereocenters. The minimum Gasteiger partial charge on any atom is -0.464 e. The van der Waals surface area contributed by atoms with Crippen molar-refractivity contribution >= 4 is 28.2 Å². The fourth-order valence-electron chi connectivity index (χ4n) is 3.12. The first-order valence-corrected chi connectivity index (χ1v) is 10.3. The van der Waals surface area contributed by atoms with Crippen molar-refractivity contribution in [2.24, 2.45) is 0 Å². The van der Waals surface area contributed by atoms with Gasteiger partial charge in [0.25, 0.3) is 5.19 Å².